The Morgan fingerprint density at radius 1 is 1.03 bits per heavy atom. The van der Waals surface area contributed by atoms with E-state index in [4.69, 9.17) is 54.9 Å². The van der Waals surface area contributed by atoms with Crippen LogP contribution in [0.25, 0.3) is 0 Å². The Labute approximate surface area is 364 Å². The fourth-order valence-corrected chi connectivity index (χ4v) is 7.79. The molecule has 61 heavy (non-hydrogen) atoms. The number of ether oxygens (including phenoxy) is 1. The van der Waals surface area contributed by atoms with Crippen LogP contribution in [0.2, 0.25) is 5.02 Å². The molecule has 0 spiro atoms. The molecule has 0 bridgehead atoms. The predicted octanol–water partition coefficient (Wildman–Crippen LogP) is 8.36. The molecule has 3 aromatic carbocycles. The highest BCUT2D eigenvalue weighted by Gasteiger charge is 2.36. The van der Waals surface area contributed by atoms with Crippen LogP contribution in [0.5, 0.6) is 17.2 Å². The largest absolute Gasteiger partial charge is 0.524 e. The number of carbonyl (C=O) groups is 3. The molecule has 0 aliphatic heterocycles. The standard InChI is InChI=1S/C13H20O8P2.C12H25NO.C10H11FO.C6H4ClFO.CH3NO/c1-8-7-10(21-23(17,18)19)11(13(3,4)5-6-14)9(2)12(8)20-22(15)16;1-5-7-12(2)8-6-10(13-3)11(9-12)14-4;1-8-4-5-9(3-2-6-12)7-10(8)11;7-5-2-1-4(9)3-6(5)8;2-1-3/h6-7,15-16H,5H2,1-4H3,(H2,17,18,19);10-11,13H,5-9H2,1-4H3;4-7H,2-3H2,1H3;1-3,9H;1H,(H2,2,3). The summed E-state index contributed by atoms with van der Waals surface area (Å²) in [6, 6.07) is 10.5. The summed E-state index contributed by atoms with van der Waals surface area (Å²) in [4.78, 5) is 65.9. The van der Waals surface area contributed by atoms with Gasteiger partial charge in [0.15, 0.2) is 0 Å². The van der Waals surface area contributed by atoms with Crippen LogP contribution in [0.15, 0.2) is 42.5 Å². The van der Waals surface area contributed by atoms with Crippen LogP contribution in [0.4, 0.5) is 8.78 Å². The van der Waals surface area contributed by atoms with Crippen molar-refractivity contribution in [2.45, 2.75) is 117 Å². The Bertz CT molecular complexity index is 1870. The first kappa shape index (κ1) is 57.4. The van der Waals surface area contributed by atoms with E-state index in [1.807, 2.05) is 20.2 Å². The Morgan fingerprint density at radius 2 is 1.66 bits per heavy atom. The Hall–Kier alpha value is -3.56. The van der Waals surface area contributed by atoms with E-state index in [1.165, 1.54) is 56.4 Å². The SMILES string of the molecule is CCCC1(C)CCC(NC)C(OC)C1.Cc1cc(OP(=O)(O)O)c(C(C)(C)CC=O)c(C)c1OP(O)O.Cc1ccc(CCC=O)cc1F.NC=O.Oc1ccc(Cl)c(F)c1. The number of phenolic OH excluding ortho intramolecular Hbond substituents is 1. The van der Waals surface area contributed by atoms with Crippen molar-refractivity contribution < 1.29 is 66.2 Å². The van der Waals surface area contributed by atoms with Gasteiger partial charge in [-0.25, -0.2) is 13.3 Å². The number of carbonyl (C=O) groups excluding carboxylic acids is 3. The maximum absolute atomic E-state index is 12.9. The van der Waals surface area contributed by atoms with E-state index in [0.29, 0.717) is 58.9 Å². The summed E-state index contributed by atoms with van der Waals surface area (Å²) >= 11 is 5.29. The number of hydrogen-bond donors (Lipinski definition) is 7. The van der Waals surface area contributed by atoms with Gasteiger partial charge in [0.2, 0.25) is 6.41 Å². The van der Waals surface area contributed by atoms with Crippen LogP contribution in [-0.2, 0) is 35.5 Å². The minimum Gasteiger partial charge on any atom is -0.508 e. The number of hydrogen-bond acceptors (Lipinski definition) is 11. The third-order valence-electron chi connectivity index (χ3n) is 9.75. The lowest BCUT2D eigenvalue weighted by molar-refractivity contribution is -0.109. The quantitative estimate of drug-likeness (QED) is 0.0595. The number of aromatic hydroxyl groups is 1. The lowest BCUT2D eigenvalue weighted by Gasteiger charge is -2.42. The lowest BCUT2D eigenvalue weighted by Crippen LogP contribution is -2.46. The number of aryl methyl sites for hydroxylation is 3. The van der Waals surface area contributed by atoms with Crippen LogP contribution in [0.1, 0.15) is 100 Å². The third-order valence-corrected chi connectivity index (χ3v) is 10.8. The molecule has 1 aliphatic carbocycles. The number of methoxy groups -OCH3 is 1. The number of phosphoric ester groups is 1. The average molecular weight is 923 g/mol. The molecule has 1 fully saturated rings. The highest BCUT2D eigenvalue weighted by atomic mass is 35.5. The van der Waals surface area contributed by atoms with Crippen molar-refractivity contribution in [3.63, 3.8) is 0 Å². The molecule has 344 valence electrons. The molecule has 0 radical (unpaired) electrons. The first-order valence-electron chi connectivity index (χ1n) is 19.3. The summed E-state index contributed by atoms with van der Waals surface area (Å²) in [6.45, 7) is 13.0. The molecule has 3 aromatic rings. The van der Waals surface area contributed by atoms with Gasteiger partial charge in [0, 0.05) is 43.0 Å². The minimum absolute atomic E-state index is 0.0211. The van der Waals surface area contributed by atoms with E-state index in [1.54, 1.807) is 40.7 Å². The first-order chi connectivity index (χ1) is 28.4. The van der Waals surface area contributed by atoms with Gasteiger partial charge in [-0.3, -0.25) is 14.6 Å². The summed E-state index contributed by atoms with van der Waals surface area (Å²) in [6.07, 6.45) is 9.78. The minimum atomic E-state index is -4.81. The molecule has 1 amide bonds. The van der Waals surface area contributed by atoms with Gasteiger partial charge in [0.05, 0.1) is 11.1 Å². The highest BCUT2D eigenvalue weighted by molar-refractivity contribution is 7.46. The molecule has 1 saturated carbocycles. The first-order valence-corrected chi connectivity index (χ1v) is 22.3. The van der Waals surface area contributed by atoms with E-state index < -0.39 is 27.7 Å². The van der Waals surface area contributed by atoms with Crippen LogP contribution in [0, 0.1) is 37.8 Å². The normalized spacial score (nSPS) is 17.1. The molecular formula is C42H63ClF2N2O12P2. The van der Waals surface area contributed by atoms with Gasteiger partial charge < -0.3 is 49.3 Å². The molecule has 0 saturated heterocycles. The van der Waals surface area contributed by atoms with Crippen molar-refractivity contribution >= 4 is 47.0 Å². The van der Waals surface area contributed by atoms with E-state index in [0.717, 1.165) is 17.9 Å². The molecule has 19 heteroatoms. The van der Waals surface area contributed by atoms with Crippen molar-refractivity contribution in [3.8, 4) is 17.2 Å². The van der Waals surface area contributed by atoms with Crippen LogP contribution >= 0.6 is 28.0 Å². The fourth-order valence-electron chi connectivity index (χ4n) is 6.83. The number of benzene rings is 3. The molecule has 3 unspecified atom stereocenters. The van der Waals surface area contributed by atoms with Crippen molar-refractivity contribution in [2.24, 2.45) is 11.1 Å². The van der Waals surface area contributed by atoms with Crippen LogP contribution in [0.3, 0.4) is 0 Å². The smallest absolute Gasteiger partial charge is 0.508 e. The molecule has 8 N–H and O–H groups in total. The molecule has 14 nitrogen and oxygen atoms in total. The zero-order valence-corrected chi connectivity index (χ0v) is 38.8. The lowest BCUT2D eigenvalue weighted by atomic mass is 9.70. The molecule has 4 rings (SSSR count). The van der Waals surface area contributed by atoms with Gasteiger partial charge in [-0.15, -0.1) is 0 Å². The Kier molecular flexibility index (Phi) is 26.5. The van der Waals surface area contributed by atoms with Crippen LogP contribution < -0.4 is 20.1 Å². The van der Waals surface area contributed by atoms with Gasteiger partial charge in [-0.05, 0) is 112 Å². The molecule has 0 heterocycles. The van der Waals surface area contributed by atoms with E-state index in [2.05, 4.69) is 24.9 Å². The van der Waals surface area contributed by atoms with E-state index in [9.17, 15) is 22.9 Å². The summed E-state index contributed by atoms with van der Waals surface area (Å²) in [5.74, 6) is -0.812. The van der Waals surface area contributed by atoms with Crippen molar-refractivity contribution in [2.75, 3.05) is 14.2 Å². The van der Waals surface area contributed by atoms with Crippen molar-refractivity contribution in [1.82, 2.24) is 5.32 Å². The number of halogens is 3. The second-order valence-corrected chi connectivity index (χ2v) is 17.5. The number of amides is 1. The number of nitrogens with two attached hydrogens (primary N) is 1. The van der Waals surface area contributed by atoms with Gasteiger partial charge >= 0.3 is 16.4 Å². The number of likely N-dealkylation sites (N-methyl/N-ethyl adjacent to an activating group) is 1. The molecule has 1 aliphatic rings. The average Bonchev–Trinajstić information content (AvgIpc) is 3.15. The second-order valence-electron chi connectivity index (χ2n) is 15.2. The number of primary amides is 1. The number of phosphoric acid groups is 1. The number of phenols is 1. The number of rotatable bonds is 14. The number of aldehydes is 2. The molecular weight excluding hydrogens is 860 g/mol. The van der Waals surface area contributed by atoms with Crippen molar-refractivity contribution in [3.05, 3.63) is 86.9 Å². The van der Waals surface area contributed by atoms with Gasteiger partial charge in [-0.1, -0.05) is 57.8 Å². The fraction of sp³-hybridized carbons (Fsp3) is 0.500. The summed E-state index contributed by atoms with van der Waals surface area (Å²) in [7, 11) is -3.59. The zero-order chi connectivity index (χ0) is 47.1. The third kappa shape index (κ3) is 21.4. The summed E-state index contributed by atoms with van der Waals surface area (Å²) in [5, 5.41) is 12.0. The monoisotopic (exact) mass is 922 g/mol. The Morgan fingerprint density at radius 3 is 2.11 bits per heavy atom. The maximum Gasteiger partial charge on any atom is 0.524 e. The van der Waals surface area contributed by atoms with Crippen molar-refractivity contribution in [1.29, 1.82) is 0 Å². The Balaban J connectivity index is 0.000000813. The summed E-state index contributed by atoms with van der Waals surface area (Å²) < 4.78 is 51.8. The van der Waals surface area contributed by atoms with Gasteiger partial charge in [-0.2, -0.15) is 0 Å². The van der Waals surface area contributed by atoms with Crippen LogP contribution in [-0.4, -0.2) is 70.0 Å². The van der Waals surface area contributed by atoms with Gasteiger partial charge in [0.25, 0.3) is 0 Å². The second kappa shape index (κ2) is 28.2. The van der Waals surface area contributed by atoms with E-state index in [-0.39, 0.29) is 40.9 Å². The number of nitrogens with one attached hydrogen (secondary N) is 1. The molecule has 3 atom stereocenters. The zero-order valence-electron chi connectivity index (χ0n) is 36.3. The summed E-state index contributed by atoms with van der Waals surface area (Å²) in [5.41, 5.74) is 6.57. The predicted molar refractivity (Wildman–Crippen MR) is 234 cm³/mol. The maximum atomic E-state index is 12.9. The van der Waals surface area contributed by atoms with E-state index >= 15 is 0 Å². The topological polar surface area (TPSA) is 235 Å². The highest BCUT2D eigenvalue weighted by Crippen LogP contribution is 2.49. The molecule has 0 aromatic heterocycles. The van der Waals surface area contributed by atoms with Gasteiger partial charge in [0.1, 0.15) is 41.5 Å².